The van der Waals surface area contributed by atoms with Crippen molar-refractivity contribution in [2.75, 3.05) is 39.9 Å². The third-order valence-electron chi connectivity index (χ3n) is 3.72. The molecule has 0 amide bonds. The second-order valence-electron chi connectivity index (χ2n) is 4.94. The van der Waals surface area contributed by atoms with E-state index in [9.17, 15) is 0 Å². The second-order valence-corrected chi connectivity index (χ2v) is 4.94. The maximum absolute atomic E-state index is 5.66. The largest absolute Gasteiger partial charge is 0.486 e. The Balaban J connectivity index is 1.86. The first-order chi connectivity index (χ1) is 8.84. The number of likely N-dealkylation sites (N-methyl/N-ethyl adjacent to an activating group) is 1. The van der Waals surface area contributed by atoms with Crippen molar-refractivity contribution in [3.63, 3.8) is 0 Å². The number of nitrogens with one attached hydrogen (secondary N) is 1. The molecular weight excluding hydrogens is 228 g/mol. The van der Waals surface area contributed by atoms with E-state index < -0.39 is 0 Å². The van der Waals surface area contributed by atoms with Gasteiger partial charge in [0.25, 0.3) is 0 Å². The number of rotatable bonds is 1. The highest BCUT2D eigenvalue weighted by molar-refractivity contribution is 5.44. The minimum atomic E-state index is 0.468. The van der Waals surface area contributed by atoms with Gasteiger partial charge in [-0.15, -0.1) is 0 Å². The fraction of sp³-hybridized carbons (Fsp3) is 0.571. The molecule has 0 saturated carbocycles. The summed E-state index contributed by atoms with van der Waals surface area (Å²) in [6.07, 6.45) is 1.14. The Morgan fingerprint density at radius 1 is 1.17 bits per heavy atom. The molecule has 1 fully saturated rings. The van der Waals surface area contributed by atoms with E-state index in [0.717, 1.165) is 37.6 Å². The summed E-state index contributed by atoms with van der Waals surface area (Å²) >= 11 is 0. The standard InChI is InChI=1S/C14H20N2O2/c1-16-7-6-15-5-4-12(16)11-2-3-13-14(10-11)18-9-8-17-13/h2-3,10,12,15H,4-9H2,1H3. The van der Waals surface area contributed by atoms with Crippen LogP contribution in [-0.4, -0.2) is 44.8 Å². The summed E-state index contributed by atoms with van der Waals surface area (Å²) in [6, 6.07) is 6.81. The molecule has 4 nitrogen and oxygen atoms in total. The van der Waals surface area contributed by atoms with E-state index in [4.69, 9.17) is 9.47 Å². The first-order valence-electron chi connectivity index (χ1n) is 6.65. The van der Waals surface area contributed by atoms with Crippen LogP contribution in [0, 0.1) is 0 Å². The fourth-order valence-electron chi connectivity index (χ4n) is 2.68. The fourth-order valence-corrected chi connectivity index (χ4v) is 2.68. The normalized spacial score (nSPS) is 24.6. The van der Waals surface area contributed by atoms with Crippen LogP contribution < -0.4 is 14.8 Å². The Morgan fingerprint density at radius 2 is 2.00 bits per heavy atom. The van der Waals surface area contributed by atoms with Gasteiger partial charge in [-0.3, -0.25) is 4.90 Å². The zero-order valence-electron chi connectivity index (χ0n) is 10.8. The van der Waals surface area contributed by atoms with E-state index in [-0.39, 0.29) is 0 Å². The second kappa shape index (κ2) is 5.16. The number of benzene rings is 1. The first kappa shape index (κ1) is 11.8. The summed E-state index contributed by atoms with van der Waals surface area (Å²) in [6.45, 7) is 4.53. The Labute approximate surface area is 108 Å². The van der Waals surface area contributed by atoms with Crippen molar-refractivity contribution in [2.45, 2.75) is 12.5 Å². The third kappa shape index (κ3) is 2.31. The van der Waals surface area contributed by atoms with Gasteiger partial charge in [-0.25, -0.2) is 0 Å². The molecule has 18 heavy (non-hydrogen) atoms. The number of nitrogens with zero attached hydrogens (tertiary/aromatic N) is 1. The third-order valence-corrected chi connectivity index (χ3v) is 3.72. The molecule has 1 aromatic carbocycles. The quantitative estimate of drug-likeness (QED) is 0.815. The molecule has 0 spiro atoms. The van der Waals surface area contributed by atoms with Crippen molar-refractivity contribution in [3.05, 3.63) is 23.8 Å². The average molecular weight is 248 g/mol. The Morgan fingerprint density at radius 3 is 2.89 bits per heavy atom. The molecule has 98 valence electrons. The van der Waals surface area contributed by atoms with Gasteiger partial charge in [0, 0.05) is 19.1 Å². The SMILES string of the molecule is CN1CCNCCC1c1ccc2c(c1)OCCO2. The zero-order chi connectivity index (χ0) is 12.4. The van der Waals surface area contributed by atoms with Crippen molar-refractivity contribution in [3.8, 4) is 11.5 Å². The minimum absolute atomic E-state index is 0.468. The molecule has 2 aliphatic heterocycles. The van der Waals surface area contributed by atoms with Gasteiger partial charge in [0.2, 0.25) is 0 Å². The number of hydrogen-bond acceptors (Lipinski definition) is 4. The topological polar surface area (TPSA) is 33.7 Å². The van der Waals surface area contributed by atoms with Gasteiger partial charge in [-0.05, 0) is 37.7 Å². The molecule has 1 atom stereocenters. The van der Waals surface area contributed by atoms with Crippen molar-refractivity contribution in [1.82, 2.24) is 10.2 Å². The van der Waals surface area contributed by atoms with Gasteiger partial charge in [-0.2, -0.15) is 0 Å². The van der Waals surface area contributed by atoms with Gasteiger partial charge in [0.05, 0.1) is 0 Å². The monoisotopic (exact) mass is 248 g/mol. The van der Waals surface area contributed by atoms with Gasteiger partial charge in [0.1, 0.15) is 13.2 Å². The maximum atomic E-state index is 5.66. The summed E-state index contributed by atoms with van der Waals surface area (Å²) < 4.78 is 11.2. The van der Waals surface area contributed by atoms with Crippen LogP contribution in [0.1, 0.15) is 18.0 Å². The lowest BCUT2D eigenvalue weighted by Gasteiger charge is -2.27. The summed E-state index contributed by atoms with van der Waals surface area (Å²) in [5, 5.41) is 3.44. The van der Waals surface area contributed by atoms with Crippen LogP contribution in [0.3, 0.4) is 0 Å². The highest BCUT2D eigenvalue weighted by Gasteiger charge is 2.21. The predicted molar refractivity (Wildman–Crippen MR) is 70.3 cm³/mol. The van der Waals surface area contributed by atoms with Crippen LogP contribution in [0.15, 0.2) is 18.2 Å². The lowest BCUT2D eigenvalue weighted by atomic mass is 10.0. The van der Waals surface area contributed by atoms with Crippen LogP contribution in [0.25, 0.3) is 0 Å². The zero-order valence-corrected chi connectivity index (χ0v) is 10.8. The molecule has 1 saturated heterocycles. The van der Waals surface area contributed by atoms with Gasteiger partial charge in [-0.1, -0.05) is 6.07 Å². The molecule has 3 rings (SSSR count). The lowest BCUT2D eigenvalue weighted by Crippen LogP contribution is -2.27. The smallest absolute Gasteiger partial charge is 0.161 e. The highest BCUT2D eigenvalue weighted by Crippen LogP contribution is 2.34. The Kier molecular flexibility index (Phi) is 3.39. The molecule has 1 N–H and O–H groups in total. The molecule has 0 radical (unpaired) electrons. The van der Waals surface area contributed by atoms with Crippen molar-refractivity contribution in [1.29, 1.82) is 0 Å². The highest BCUT2D eigenvalue weighted by atomic mass is 16.6. The van der Waals surface area contributed by atoms with Crippen molar-refractivity contribution in [2.24, 2.45) is 0 Å². The van der Waals surface area contributed by atoms with Crippen LogP contribution >= 0.6 is 0 Å². The lowest BCUT2D eigenvalue weighted by molar-refractivity contribution is 0.170. The molecule has 0 aliphatic carbocycles. The van der Waals surface area contributed by atoms with Gasteiger partial charge in [0.15, 0.2) is 11.5 Å². The van der Waals surface area contributed by atoms with Gasteiger partial charge < -0.3 is 14.8 Å². The van der Waals surface area contributed by atoms with Crippen molar-refractivity contribution >= 4 is 0 Å². The molecule has 1 aromatic rings. The molecule has 1 unspecified atom stereocenters. The van der Waals surface area contributed by atoms with E-state index in [1.54, 1.807) is 0 Å². The van der Waals surface area contributed by atoms with Crippen LogP contribution in [0.5, 0.6) is 11.5 Å². The van der Waals surface area contributed by atoms with Crippen LogP contribution in [-0.2, 0) is 0 Å². The molecule has 0 bridgehead atoms. The predicted octanol–water partition coefficient (Wildman–Crippen LogP) is 1.42. The molecule has 2 aliphatic rings. The summed E-state index contributed by atoms with van der Waals surface area (Å²) in [7, 11) is 2.19. The number of hydrogen-bond donors (Lipinski definition) is 1. The number of ether oxygens (including phenoxy) is 2. The van der Waals surface area contributed by atoms with E-state index in [2.05, 4.69) is 29.4 Å². The van der Waals surface area contributed by atoms with Crippen molar-refractivity contribution < 1.29 is 9.47 Å². The van der Waals surface area contributed by atoms with Crippen LogP contribution in [0.2, 0.25) is 0 Å². The van der Waals surface area contributed by atoms with E-state index >= 15 is 0 Å². The summed E-state index contributed by atoms with van der Waals surface area (Å²) in [4.78, 5) is 2.41. The average Bonchev–Trinajstić information content (AvgIpc) is 2.63. The maximum Gasteiger partial charge on any atom is 0.161 e. The van der Waals surface area contributed by atoms with Gasteiger partial charge >= 0.3 is 0 Å². The molecule has 2 heterocycles. The minimum Gasteiger partial charge on any atom is -0.486 e. The number of fused-ring (bicyclic) bond motifs is 1. The summed E-state index contributed by atoms with van der Waals surface area (Å²) in [5.74, 6) is 1.77. The summed E-state index contributed by atoms with van der Waals surface area (Å²) in [5.41, 5.74) is 1.32. The first-order valence-corrected chi connectivity index (χ1v) is 6.65. The Bertz CT molecular complexity index is 422. The molecule has 4 heteroatoms. The van der Waals surface area contributed by atoms with E-state index in [1.807, 2.05) is 6.07 Å². The Hall–Kier alpha value is -1.26. The van der Waals surface area contributed by atoms with Crippen LogP contribution in [0.4, 0.5) is 0 Å². The molecule has 0 aromatic heterocycles. The molecular formula is C14H20N2O2. The van der Waals surface area contributed by atoms with E-state index in [0.29, 0.717) is 19.3 Å². The van der Waals surface area contributed by atoms with E-state index in [1.165, 1.54) is 5.56 Å².